The molecule has 3 N–H and O–H groups in total. The van der Waals surface area contributed by atoms with Gasteiger partial charge in [-0.3, -0.25) is 9.59 Å². The van der Waals surface area contributed by atoms with Crippen molar-refractivity contribution in [3.63, 3.8) is 0 Å². The molecule has 0 unspecified atom stereocenters. The standard InChI is InChI=1S/C31H30FN5O4/c1-17-6-13-25(18(2)14-17)36-31(39)27-19(3)34-29-24(30(38)35-21-9-7-20(32)8-10-21)16-33-37(29)28(27)23-12-11-22(40-4)15-26(23)41-5/h6-16,28,34H,1-5H3,(H,35,38)(H,36,39)/t28-/m1/s1. The van der Waals surface area contributed by atoms with Gasteiger partial charge in [0.2, 0.25) is 0 Å². The summed E-state index contributed by atoms with van der Waals surface area (Å²) in [4.78, 5) is 27.2. The van der Waals surface area contributed by atoms with E-state index in [0.717, 1.165) is 11.1 Å². The van der Waals surface area contributed by atoms with E-state index >= 15 is 0 Å². The fourth-order valence-corrected chi connectivity index (χ4v) is 4.92. The van der Waals surface area contributed by atoms with Crippen LogP contribution in [-0.4, -0.2) is 35.8 Å². The molecule has 1 atom stereocenters. The molecule has 0 fully saturated rings. The average Bonchev–Trinajstić information content (AvgIpc) is 3.38. The third-order valence-electron chi connectivity index (χ3n) is 6.98. The van der Waals surface area contributed by atoms with Crippen molar-refractivity contribution in [3.05, 3.63) is 106 Å². The highest BCUT2D eigenvalue weighted by atomic mass is 19.1. The van der Waals surface area contributed by atoms with Gasteiger partial charge in [-0.25, -0.2) is 9.07 Å². The fraction of sp³-hybridized carbons (Fsp3) is 0.194. The lowest BCUT2D eigenvalue weighted by Crippen LogP contribution is -2.32. The molecule has 10 heteroatoms. The van der Waals surface area contributed by atoms with E-state index in [9.17, 15) is 14.0 Å². The molecular weight excluding hydrogens is 525 g/mol. The molecule has 1 aliphatic heterocycles. The van der Waals surface area contributed by atoms with Crippen LogP contribution in [0.1, 0.15) is 40.0 Å². The maximum atomic E-state index is 13.9. The summed E-state index contributed by atoms with van der Waals surface area (Å²) in [6.45, 7) is 5.70. The fourth-order valence-electron chi connectivity index (χ4n) is 4.92. The number of fused-ring (bicyclic) bond motifs is 1. The van der Waals surface area contributed by atoms with Crippen molar-refractivity contribution in [2.24, 2.45) is 0 Å². The number of methoxy groups -OCH3 is 2. The maximum Gasteiger partial charge on any atom is 0.261 e. The van der Waals surface area contributed by atoms with Gasteiger partial charge in [0.25, 0.3) is 11.8 Å². The minimum Gasteiger partial charge on any atom is -0.497 e. The molecule has 0 radical (unpaired) electrons. The summed E-state index contributed by atoms with van der Waals surface area (Å²) in [7, 11) is 3.10. The monoisotopic (exact) mass is 555 g/mol. The Labute approximate surface area is 237 Å². The predicted molar refractivity (Wildman–Crippen MR) is 155 cm³/mol. The normalized spacial score (nSPS) is 14.1. The number of carbonyl (C=O) groups excluding carboxylic acids is 2. The van der Waals surface area contributed by atoms with Gasteiger partial charge in [0, 0.05) is 28.7 Å². The molecular formula is C31H30FN5O4. The van der Waals surface area contributed by atoms with E-state index in [-0.39, 0.29) is 11.5 Å². The summed E-state index contributed by atoms with van der Waals surface area (Å²) >= 11 is 0. The molecule has 0 spiro atoms. The second kappa shape index (κ2) is 11.2. The number of carbonyl (C=O) groups is 2. The second-order valence-corrected chi connectivity index (χ2v) is 9.76. The molecule has 5 rings (SSSR count). The molecule has 1 aromatic heterocycles. The molecule has 1 aliphatic rings. The summed E-state index contributed by atoms with van der Waals surface area (Å²) in [6, 6.07) is 15.9. The van der Waals surface area contributed by atoms with Gasteiger partial charge in [-0.1, -0.05) is 17.7 Å². The van der Waals surface area contributed by atoms with Gasteiger partial charge >= 0.3 is 0 Å². The van der Waals surface area contributed by atoms with E-state index in [1.807, 2.05) is 38.1 Å². The maximum absolute atomic E-state index is 13.9. The lowest BCUT2D eigenvalue weighted by atomic mass is 9.93. The van der Waals surface area contributed by atoms with E-state index in [1.165, 1.54) is 37.6 Å². The minimum absolute atomic E-state index is 0.250. The average molecular weight is 556 g/mol. The Morgan fingerprint density at radius 2 is 1.68 bits per heavy atom. The first-order chi connectivity index (χ1) is 19.7. The molecule has 3 aromatic carbocycles. The predicted octanol–water partition coefficient (Wildman–Crippen LogP) is 5.84. The van der Waals surface area contributed by atoms with Crippen molar-refractivity contribution in [2.75, 3.05) is 30.2 Å². The smallest absolute Gasteiger partial charge is 0.261 e. The van der Waals surface area contributed by atoms with E-state index in [0.29, 0.717) is 45.5 Å². The van der Waals surface area contributed by atoms with Crippen LogP contribution in [0.25, 0.3) is 0 Å². The summed E-state index contributed by atoms with van der Waals surface area (Å²) in [5, 5.41) is 13.6. The lowest BCUT2D eigenvalue weighted by Gasteiger charge is -2.31. The highest BCUT2D eigenvalue weighted by molar-refractivity contribution is 6.09. The van der Waals surface area contributed by atoms with Gasteiger partial charge in [0.1, 0.15) is 34.7 Å². The van der Waals surface area contributed by atoms with E-state index in [2.05, 4.69) is 21.0 Å². The number of nitrogens with zero attached hydrogens (tertiary/aromatic N) is 2. The summed E-state index contributed by atoms with van der Waals surface area (Å²) in [5.74, 6) is 0.288. The Morgan fingerprint density at radius 3 is 2.37 bits per heavy atom. The van der Waals surface area contributed by atoms with Crippen molar-refractivity contribution in [2.45, 2.75) is 26.8 Å². The van der Waals surface area contributed by atoms with Crippen LogP contribution in [0.2, 0.25) is 0 Å². The van der Waals surface area contributed by atoms with Crippen molar-refractivity contribution >= 4 is 29.0 Å². The van der Waals surface area contributed by atoms with Crippen LogP contribution in [0.4, 0.5) is 21.6 Å². The Balaban J connectivity index is 1.59. The van der Waals surface area contributed by atoms with Crippen molar-refractivity contribution in [3.8, 4) is 11.5 Å². The highest BCUT2D eigenvalue weighted by Crippen LogP contribution is 2.42. The molecule has 41 heavy (non-hydrogen) atoms. The number of allylic oxidation sites excluding steroid dienone is 1. The SMILES string of the molecule is COc1ccc([C@@H]2C(C(=O)Nc3ccc(C)cc3C)=C(C)Nc3c(C(=O)Nc4ccc(F)cc4)cnn32)c(OC)c1. The molecule has 0 aliphatic carbocycles. The Bertz CT molecular complexity index is 1680. The molecule has 2 heterocycles. The van der Waals surface area contributed by atoms with Crippen LogP contribution in [0.5, 0.6) is 11.5 Å². The zero-order chi connectivity index (χ0) is 29.3. The zero-order valence-electron chi connectivity index (χ0n) is 23.3. The Morgan fingerprint density at radius 1 is 0.927 bits per heavy atom. The van der Waals surface area contributed by atoms with E-state index in [1.54, 1.807) is 30.8 Å². The van der Waals surface area contributed by atoms with Crippen LogP contribution < -0.4 is 25.4 Å². The molecule has 2 amide bonds. The van der Waals surface area contributed by atoms with Gasteiger partial charge in [0.05, 0.1) is 26.0 Å². The van der Waals surface area contributed by atoms with Crippen molar-refractivity contribution in [1.82, 2.24) is 9.78 Å². The van der Waals surface area contributed by atoms with E-state index in [4.69, 9.17) is 9.47 Å². The van der Waals surface area contributed by atoms with Crippen LogP contribution in [-0.2, 0) is 4.79 Å². The lowest BCUT2D eigenvalue weighted by molar-refractivity contribution is -0.113. The molecule has 0 saturated heterocycles. The number of aromatic nitrogens is 2. The van der Waals surface area contributed by atoms with Gasteiger partial charge in [-0.15, -0.1) is 0 Å². The molecule has 0 bridgehead atoms. The number of rotatable bonds is 7. The summed E-state index contributed by atoms with van der Waals surface area (Å²) < 4.78 is 26.0. The van der Waals surface area contributed by atoms with Crippen LogP contribution >= 0.6 is 0 Å². The van der Waals surface area contributed by atoms with Gasteiger partial charge in [0.15, 0.2) is 0 Å². The number of hydrogen-bond donors (Lipinski definition) is 3. The van der Waals surface area contributed by atoms with Crippen LogP contribution in [0, 0.1) is 19.7 Å². The number of halogens is 1. The number of nitrogens with one attached hydrogen (secondary N) is 3. The first-order valence-electron chi connectivity index (χ1n) is 12.9. The van der Waals surface area contributed by atoms with Crippen LogP contribution in [0.3, 0.4) is 0 Å². The molecule has 0 saturated carbocycles. The largest absolute Gasteiger partial charge is 0.497 e. The number of benzene rings is 3. The second-order valence-electron chi connectivity index (χ2n) is 9.76. The third kappa shape index (κ3) is 5.36. The Kier molecular flexibility index (Phi) is 7.47. The van der Waals surface area contributed by atoms with Crippen molar-refractivity contribution < 1.29 is 23.5 Å². The number of ether oxygens (including phenoxy) is 2. The van der Waals surface area contributed by atoms with Gasteiger partial charge in [-0.2, -0.15) is 5.10 Å². The topological polar surface area (TPSA) is 107 Å². The first kappa shape index (κ1) is 27.4. The minimum atomic E-state index is -0.745. The first-order valence-corrected chi connectivity index (χ1v) is 12.9. The van der Waals surface area contributed by atoms with Gasteiger partial charge in [-0.05, 0) is 68.8 Å². The quantitative estimate of drug-likeness (QED) is 0.265. The van der Waals surface area contributed by atoms with E-state index < -0.39 is 17.8 Å². The molecule has 210 valence electrons. The van der Waals surface area contributed by atoms with Crippen LogP contribution in [0.15, 0.2) is 78.1 Å². The Hall–Kier alpha value is -5.12. The number of hydrogen-bond acceptors (Lipinski definition) is 6. The third-order valence-corrected chi connectivity index (χ3v) is 6.98. The highest BCUT2D eigenvalue weighted by Gasteiger charge is 2.37. The summed E-state index contributed by atoms with van der Waals surface area (Å²) in [5.41, 5.74) is 4.97. The van der Waals surface area contributed by atoms with Gasteiger partial charge < -0.3 is 25.4 Å². The number of anilines is 3. The number of amides is 2. The van der Waals surface area contributed by atoms with Crippen molar-refractivity contribution in [1.29, 1.82) is 0 Å². The molecule has 9 nitrogen and oxygen atoms in total. The summed E-state index contributed by atoms with van der Waals surface area (Å²) in [6.07, 6.45) is 1.43. The zero-order valence-corrected chi connectivity index (χ0v) is 23.3. The molecule has 4 aromatic rings. The number of aryl methyl sites for hydroxylation is 2.